The monoisotopic (exact) mass is 470 g/mol. The Balaban J connectivity index is 1.60. The Labute approximate surface area is 206 Å². The molecule has 0 aliphatic heterocycles. The van der Waals surface area contributed by atoms with Gasteiger partial charge in [0.05, 0.1) is 17.4 Å². The minimum Gasteiger partial charge on any atom is -0.481 e. The summed E-state index contributed by atoms with van der Waals surface area (Å²) >= 11 is 0. The number of Topliss-reactive ketones (excluding diaryl/α,β-unsaturated/α-hetero) is 1. The smallest absolute Gasteiger partial charge is 0.310 e. The molecule has 4 saturated carbocycles. The van der Waals surface area contributed by atoms with E-state index in [0.717, 1.165) is 57.8 Å². The lowest BCUT2D eigenvalue weighted by molar-refractivity contribution is -0.194. The van der Waals surface area contributed by atoms with E-state index in [4.69, 9.17) is 0 Å². The third-order valence-corrected chi connectivity index (χ3v) is 13.0. The highest BCUT2D eigenvalue weighted by Gasteiger charge is 2.69. The first-order chi connectivity index (χ1) is 15.7. The number of allylic oxidation sites excluding steroid dienone is 2. The van der Waals surface area contributed by atoms with E-state index in [-0.39, 0.29) is 45.9 Å². The third-order valence-electron chi connectivity index (χ3n) is 13.0. The van der Waals surface area contributed by atoms with Crippen molar-refractivity contribution in [2.75, 3.05) is 6.61 Å². The summed E-state index contributed by atoms with van der Waals surface area (Å²) in [6.45, 7) is 14.0. The molecule has 0 aromatic carbocycles. The number of ketones is 1. The fraction of sp³-hybridized carbons (Fsp3) is 0.867. The van der Waals surface area contributed by atoms with E-state index in [9.17, 15) is 19.8 Å². The second-order valence-corrected chi connectivity index (χ2v) is 14.7. The fourth-order valence-corrected chi connectivity index (χ4v) is 10.4. The molecule has 8 atom stereocenters. The van der Waals surface area contributed by atoms with Crippen LogP contribution in [0.15, 0.2) is 11.6 Å². The van der Waals surface area contributed by atoms with Crippen LogP contribution in [0.3, 0.4) is 0 Å². The van der Waals surface area contributed by atoms with E-state index in [2.05, 4.69) is 40.7 Å². The molecule has 0 amide bonds. The molecule has 0 saturated heterocycles. The Kier molecular flexibility index (Phi) is 5.20. The summed E-state index contributed by atoms with van der Waals surface area (Å²) in [4.78, 5) is 25.7. The van der Waals surface area contributed by atoms with Crippen LogP contribution >= 0.6 is 0 Å². The molecule has 4 heteroatoms. The van der Waals surface area contributed by atoms with Crippen LogP contribution in [0.25, 0.3) is 0 Å². The van der Waals surface area contributed by atoms with Gasteiger partial charge in [-0.1, -0.05) is 53.2 Å². The third kappa shape index (κ3) is 2.81. The van der Waals surface area contributed by atoms with Gasteiger partial charge in [0, 0.05) is 6.42 Å². The van der Waals surface area contributed by atoms with Crippen LogP contribution in [-0.4, -0.2) is 28.6 Å². The van der Waals surface area contributed by atoms with Crippen molar-refractivity contribution >= 4 is 11.8 Å². The number of hydrogen-bond acceptors (Lipinski definition) is 3. The Hall–Kier alpha value is -1.16. The summed E-state index contributed by atoms with van der Waals surface area (Å²) in [5.74, 6) is 0.473. The van der Waals surface area contributed by atoms with Crippen molar-refractivity contribution in [2.24, 2.45) is 50.2 Å². The Morgan fingerprint density at radius 1 is 0.971 bits per heavy atom. The molecule has 0 aromatic heterocycles. The number of carbonyl (C=O) groups is 2. The van der Waals surface area contributed by atoms with Crippen molar-refractivity contribution in [3.8, 4) is 0 Å². The standard InChI is InChI=1S/C30H46O4/c1-25(2)13-15-30(24(33)34)16-14-28(5)19(20(30)17-25)7-8-22-26(3)11-10-23(32)27(4,18-31)21(26)9-12-29(22,28)6/h7,20-22,31H,8-18H2,1-6H3,(H,33,34)/t20-,21?,22-,26+,27+,28-,29-,30+/m1/s1. The van der Waals surface area contributed by atoms with E-state index in [1.807, 2.05) is 6.92 Å². The zero-order chi connectivity index (χ0) is 24.9. The van der Waals surface area contributed by atoms with E-state index in [1.165, 1.54) is 5.57 Å². The van der Waals surface area contributed by atoms with Crippen molar-refractivity contribution in [3.05, 3.63) is 11.6 Å². The lowest BCUT2D eigenvalue weighted by Gasteiger charge is -2.70. The first-order valence-electron chi connectivity index (χ1n) is 13.8. The van der Waals surface area contributed by atoms with Crippen LogP contribution in [0.5, 0.6) is 0 Å². The molecule has 2 N–H and O–H groups in total. The van der Waals surface area contributed by atoms with Gasteiger partial charge in [0.25, 0.3) is 0 Å². The topological polar surface area (TPSA) is 74.6 Å². The lowest BCUT2D eigenvalue weighted by atomic mass is 9.33. The van der Waals surface area contributed by atoms with Gasteiger partial charge < -0.3 is 10.2 Å². The van der Waals surface area contributed by atoms with Crippen LogP contribution in [0.4, 0.5) is 0 Å². The van der Waals surface area contributed by atoms with Gasteiger partial charge in [0.2, 0.25) is 0 Å². The highest BCUT2D eigenvalue weighted by atomic mass is 16.4. The summed E-state index contributed by atoms with van der Waals surface area (Å²) in [5, 5.41) is 20.8. The molecule has 5 rings (SSSR count). The maximum absolute atomic E-state index is 13.0. The summed E-state index contributed by atoms with van der Waals surface area (Å²) in [6.07, 6.45) is 11.5. The average molecular weight is 471 g/mol. The maximum Gasteiger partial charge on any atom is 0.310 e. The van der Waals surface area contributed by atoms with Gasteiger partial charge in [-0.05, 0) is 97.2 Å². The molecule has 1 unspecified atom stereocenters. The number of aliphatic hydroxyl groups excluding tert-OH is 1. The van der Waals surface area contributed by atoms with Crippen molar-refractivity contribution < 1.29 is 19.8 Å². The molecule has 0 bridgehead atoms. The van der Waals surface area contributed by atoms with Gasteiger partial charge in [-0.2, -0.15) is 0 Å². The number of rotatable bonds is 2. The van der Waals surface area contributed by atoms with Crippen LogP contribution in [0.2, 0.25) is 0 Å². The van der Waals surface area contributed by atoms with Gasteiger partial charge in [0.1, 0.15) is 5.78 Å². The second-order valence-electron chi connectivity index (χ2n) is 14.7. The first-order valence-corrected chi connectivity index (χ1v) is 13.8. The SMILES string of the molecule is CC1(C)CC[C@]2(C(=O)O)CC[C@]3(C)C(=CC[C@@H]4[C@@]5(C)CCC(=O)[C@@](C)(CO)C5CC[C@]43C)[C@H]2C1. The molecule has 0 aromatic rings. The molecule has 4 nitrogen and oxygen atoms in total. The Bertz CT molecular complexity index is 949. The summed E-state index contributed by atoms with van der Waals surface area (Å²) in [5.41, 5.74) is 0.512. The molecule has 190 valence electrons. The number of carboxylic acid groups (broad SMARTS) is 1. The minimum atomic E-state index is -0.627. The summed E-state index contributed by atoms with van der Waals surface area (Å²) < 4.78 is 0. The largest absolute Gasteiger partial charge is 0.481 e. The number of hydrogen-bond donors (Lipinski definition) is 2. The van der Waals surface area contributed by atoms with Crippen molar-refractivity contribution in [3.63, 3.8) is 0 Å². The van der Waals surface area contributed by atoms with Crippen LogP contribution < -0.4 is 0 Å². The van der Waals surface area contributed by atoms with Crippen molar-refractivity contribution in [2.45, 2.75) is 106 Å². The van der Waals surface area contributed by atoms with Crippen LogP contribution in [0.1, 0.15) is 106 Å². The summed E-state index contributed by atoms with van der Waals surface area (Å²) in [7, 11) is 0. The number of aliphatic carboxylic acids is 1. The minimum absolute atomic E-state index is 0.00198. The second kappa shape index (κ2) is 7.20. The van der Waals surface area contributed by atoms with E-state index in [1.54, 1.807) is 0 Å². The number of carboxylic acids is 1. The van der Waals surface area contributed by atoms with Crippen LogP contribution in [0, 0.1) is 50.2 Å². The highest BCUT2D eigenvalue weighted by Crippen LogP contribution is 2.75. The number of aliphatic hydroxyl groups is 1. The van der Waals surface area contributed by atoms with E-state index in [0.29, 0.717) is 12.3 Å². The molecule has 0 radical (unpaired) electrons. The van der Waals surface area contributed by atoms with Gasteiger partial charge >= 0.3 is 5.97 Å². The van der Waals surface area contributed by atoms with E-state index < -0.39 is 16.8 Å². The molecule has 4 fully saturated rings. The average Bonchev–Trinajstić information content (AvgIpc) is 2.76. The fourth-order valence-electron chi connectivity index (χ4n) is 10.4. The highest BCUT2D eigenvalue weighted by molar-refractivity contribution is 5.86. The van der Waals surface area contributed by atoms with Crippen molar-refractivity contribution in [1.82, 2.24) is 0 Å². The van der Waals surface area contributed by atoms with Gasteiger partial charge in [-0.25, -0.2) is 0 Å². The Morgan fingerprint density at radius 2 is 1.65 bits per heavy atom. The molecular formula is C30H46O4. The summed E-state index contributed by atoms with van der Waals surface area (Å²) in [6, 6.07) is 0. The first kappa shape index (κ1) is 24.5. The molecule has 0 spiro atoms. The van der Waals surface area contributed by atoms with Crippen LogP contribution in [-0.2, 0) is 9.59 Å². The van der Waals surface area contributed by atoms with Crippen molar-refractivity contribution in [1.29, 1.82) is 0 Å². The number of fused-ring (bicyclic) bond motifs is 7. The van der Waals surface area contributed by atoms with Gasteiger partial charge in [-0.3, -0.25) is 9.59 Å². The maximum atomic E-state index is 13.0. The molecule has 5 aliphatic rings. The predicted molar refractivity (Wildman–Crippen MR) is 133 cm³/mol. The molecule has 5 aliphatic carbocycles. The lowest BCUT2D eigenvalue weighted by Crippen LogP contribution is -2.65. The molecule has 0 heterocycles. The zero-order valence-corrected chi connectivity index (χ0v) is 22.3. The number of carbonyl (C=O) groups excluding carboxylic acids is 1. The van der Waals surface area contributed by atoms with E-state index >= 15 is 0 Å². The molecule has 34 heavy (non-hydrogen) atoms. The normalized spacial score (nSPS) is 51.9. The van der Waals surface area contributed by atoms with Gasteiger partial charge in [0.15, 0.2) is 0 Å². The zero-order valence-electron chi connectivity index (χ0n) is 22.3. The Morgan fingerprint density at radius 3 is 2.29 bits per heavy atom. The van der Waals surface area contributed by atoms with Gasteiger partial charge in [-0.15, -0.1) is 0 Å². The predicted octanol–water partition coefficient (Wildman–Crippen LogP) is 6.41. The quantitative estimate of drug-likeness (QED) is 0.457. The molecular weight excluding hydrogens is 424 g/mol.